The molecule has 4 rings (SSSR count). The van der Waals surface area contributed by atoms with E-state index in [-0.39, 0.29) is 17.3 Å². The van der Waals surface area contributed by atoms with Gasteiger partial charge in [0, 0.05) is 16.1 Å². The SMILES string of the molecule is Cc1ccc(C(=O)CN(C(=O)c2ccc(Cl)cc2)N2C(=O)[C@@H]3[C@H](C)C=CC[C@H]3C2=O)cc1. The molecule has 1 saturated heterocycles. The van der Waals surface area contributed by atoms with Gasteiger partial charge in [0.05, 0.1) is 11.8 Å². The Morgan fingerprint density at radius 2 is 1.62 bits per heavy atom. The Hall–Kier alpha value is -3.25. The number of benzene rings is 2. The van der Waals surface area contributed by atoms with Gasteiger partial charge in [-0.1, -0.05) is 60.5 Å². The summed E-state index contributed by atoms with van der Waals surface area (Å²) in [5.41, 5.74) is 1.62. The molecule has 0 radical (unpaired) electrons. The van der Waals surface area contributed by atoms with E-state index in [9.17, 15) is 19.2 Å². The summed E-state index contributed by atoms with van der Waals surface area (Å²) >= 11 is 5.94. The fraction of sp³-hybridized carbons (Fsp3) is 0.280. The number of hydrogen-bond donors (Lipinski definition) is 0. The van der Waals surface area contributed by atoms with Crippen molar-refractivity contribution in [2.45, 2.75) is 20.3 Å². The minimum atomic E-state index is -0.608. The molecule has 6 nitrogen and oxygen atoms in total. The van der Waals surface area contributed by atoms with Gasteiger partial charge in [0.15, 0.2) is 5.78 Å². The Bertz CT molecular complexity index is 1110. The Balaban J connectivity index is 1.70. The average Bonchev–Trinajstić information content (AvgIpc) is 3.03. The molecule has 0 bridgehead atoms. The van der Waals surface area contributed by atoms with Gasteiger partial charge in [0.1, 0.15) is 6.54 Å². The maximum absolute atomic E-state index is 13.4. The van der Waals surface area contributed by atoms with E-state index in [4.69, 9.17) is 11.6 Å². The first-order chi connectivity index (χ1) is 15.3. The van der Waals surface area contributed by atoms with Crippen LogP contribution in [0.25, 0.3) is 0 Å². The van der Waals surface area contributed by atoms with Crippen LogP contribution in [0.3, 0.4) is 0 Å². The Morgan fingerprint density at radius 1 is 1.00 bits per heavy atom. The second kappa shape index (κ2) is 8.71. The predicted octanol–water partition coefficient (Wildman–Crippen LogP) is 4.09. The predicted molar refractivity (Wildman–Crippen MR) is 120 cm³/mol. The van der Waals surface area contributed by atoms with Crippen molar-refractivity contribution in [3.8, 4) is 0 Å². The van der Waals surface area contributed by atoms with Crippen molar-refractivity contribution < 1.29 is 19.2 Å². The zero-order valence-electron chi connectivity index (χ0n) is 17.8. The lowest BCUT2D eigenvalue weighted by molar-refractivity contribution is -0.154. The number of fused-ring (bicyclic) bond motifs is 1. The number of hydrogen-bond acceptors (Lipinski definition) is 4. The first kappa shape index (κ1) is 22.0. The smallest absolute Gasteiger partial charge is 0.273 e. The molecule has 7 heteroatoms. The highest BCUT2D eigenvalue weighted by atomic mass is 35.5. The van der Waals surface area contributed by atoms with Crippen molar-refractivity contribution in [2.75, 3.05) is 6.54 Å². The van der Waals surface area contributed by atoms with E-state index in [1.807, 2.05) is 26.0 Å². The van der Waals surface area contributed by atoms with Crippen molar-refractivity contribution in [3.05, 3.63) is 82.4 Å². The molecular weight excluding hydrogens is 428 g/mol. The van der Waals surface area contributed by atoms with Crippen LogP contribution in [0.15, 0.2) is 60.7 Å². The van der Waals surface area contributed by atoms with Crippen LogP contribution in [0.4, 0.5) is 0 Å². The third-order valence-electron chi connectivity index (χ3n) is 6.08. The quantitative estimate of drug-likeness (QED) is 0.390. The summed E-state index contributed by atoms with van der Waals surface area (Å²) in [6, 6.07) is 13.1. The van der Waals surface area contributed by atoms with E-state index in [0.29, 0.717) is 17.0 Å². The van der Waals surface area contributed by atoms with Gasteiger partial charge in [-0.3, -0.25) is 19.2 Å². The number of rotatable bonds is 5. The molecule has 3 amide bonds. The summed E-state index contributed by atoms with van der Waals surface area (Å²) in [6.07, 6.45) is 4.24. The second-order valence-electron chi connectivity index (χ2n) is 8.30. The third kappa shape index (κ3) is 3.98. The number of carbonyl (C=O) groups excluding carboxylic acids is 4. The van der Waals surface area contributed by atoms with Crippen molar-refractivity contribution in [3.63, 3.8) is 0 Å². The summed E-state index contributed by atoms with van der Waals surface area (Å²) in [6.45, 7) is 3.36. The lowest BCUT2D eigenvalue weighted by Gasteiger charge is -2.30. The molecule has 0 spiro atoms. The molecule has 0 saturated carbocycles. The molecule has 1 fully saturated rings. The average molecular weight is 451 g/mol. The molecule has 2 aromatic rings. The summed E-state index contributed by atoms with van der Waals surface area (Å²) < 4.78 is 0. The maximum Gasteiger partial charge on any atom is 0.273 e. The van der Waals surface area contributed by atoms with Crippen LogP contribution in [0.2, 0.25) is 5.02 Å². The van der Waals surface area contributed by atoms with E-state index >= 15 is 0 Å². The number of nitrogens with zero attached hydrogens (tertiary/aromatic N) is 2. The molecule has 2 aliphatic rings. The molecule has 0 unspecified atom stereocenters. The van der Waals surface area contributed by atoms with Crippen molar-refractivity contribution in [2.24, 2.45) is 17.8 Å². The van der Waals surface area contributed by atoms with Crippen LogP contribution >= 0.6 is 11.6 Å². The highest BCUT2D eigenvalue weighted by molar-refractivity contribution is 6.30. The number of halogens is 1. The van der Waals surface area contributed by atoms with E-state index in [1.165, 1.54) is 12.1 Å². The lowest BCUT2D eigenvalue weighted by Crippen LogP contribution is -2.52. The minimum Gasteiger partial charge on any atom is -0.292 e. The normalized spacial score (nSPS) is 22.1. The molecular formula is C25H23ClN2O4. The fourth-order valence-corrected chi connectivity index (χ4v) is 4.44. The van der Waals surface area contributed by atoms with Crippen LogP contribution in [0.1, 0.15) is 39.6 Å². The van der Waals surface area contributed by atoms with Gasteiger partial charge < -0.3 is 0 Å². The van der Waals surface area contributed by atoms with Crippen LogP contribution in [-0.2, 0) is 9.59 Å². The highest BCUT2D eigenvalue weighted by Gasteiger charge is 2.53. The maximum atomic E-state index is 13.4. The van der Waals surface area contributed by atoms with E-state index < -0.39 is 36.1 Å². The second-order valence-corrected chi connectivity index (χ2v) is 8.74. The van der Waals surface area contributed by atoms with Crippen molar-refractivity contribution in [1.82, 2.24) is 10.0 Å². The summed E-state index contributed by atoms with van der Waals surface area (Å²) in [5.74, 6) is -3.07. The molecule has 1 aliphatic carbocycles. The van der Waals surface area contributed by atoms with Gasteiger partial charge in [0.2, 0.25) is 0 Å². The molecule has 164 valence electrons. The van der Waals surface area contributed by atoms with Gasteiger partial charge in [-0.05, 0) is 43.5 Å². The van der Waals surface area contributed by atoms with Crippen LogP contribution in [0.5, 0.6) is 0 Å². The Morgan fingerprint density at radius 3 is 2.25 bits per heavy atom. The zero-order valence-corrected chi connectivity index (χ0v) is 18.6. The monoisotopic (exact) mass is 450 g/mol. The van der Waals surface area contributed by atoms with Crippen molar-refractivity contribution >= 4 is 35.1 Å². The summed E-state index contributed by atoms with van der Waals surface area (Å²) in [5, 5.41) is 2.33. The number of hydrazine groups is 1. The largest absolute Gasteiger partial charge is 0.292 e. The van der Waals surface area contributed by atoms with Gasteiger partial charge in [0.25, 0.3) is 17.7 Å². The van der Waals surface area contributed by atoms with Crippen molar-refractivity contribution in [1.29, 1.82) is 0 Å². The Labute approximate surface area is 191 Å². The topological polar surface area (TPSA) is 74.8 Å². The number of aryl methyl sites for hydroxylation is 1. The molecule has 1 aliphatic heterocycles. The highest BCUT2D eigenvalue weighted by Crippen LogP contribution is 2.39. The van der Waals surface area contributed by atoms with Gasteiger partial charge >= 0.3 is 0 Å². The van der Waals surface area contributed by atoms with E-state index in [0.717, 1.165) is 15.6 Å². The van der Waals surface area contributed by atoms with Crippen LogP contribution in [-0.4, -0.2) is 40.1 Å². The first-order valence-electron chi connectivity index (χ1n) is 10.5. The fourth-order valence-electron chi connectivity index (χ4n) is 4.31. The molecule has 1 heterocycles. The van der Waals surface area contributed by atoms with Crippen LogP contribution in [0, 0.1) is 24.7 Å². The summed E-state index contributed by atoms with van der Waals surface area (Å²) in [4.78, 5) is 53.0. The number of imide groups is 1. The summed E-state index contributed by atoms with van der Waals surface area (Å²) in [7, 11) is 0. The van der Waals surface area contributed by atoms with Gasteiger partial charge in [-0.15, -0.1) is 0 Å². The van der Waals surface area contributed by atoms with Crippen LogP contribution < -0.4 is 0 Å². The first-order valence-corrected chi connectivity index (χ1v) is 10.9. The molecule has 0 aromatic heterocycles. The molecule has 0 N–H and O–H groups in total. The lowest BCUT2D eigenvalue weighted by atomic mass is 9.78. The number of Topliss-reactive ketones (excluding diaryl/α,β-unsaturated/α-hetero) is 1. The molecule has 2 aromatic carbocycles. The number of ketones is 1. The number of amides is 3. The Kier molecular flexibility index (Phi) is 5.98. The van der Waals surface area contributed by atoms with E-state index in [1.54, 1.807) is 36.4 Å². The van der Waals surface area contributed by atoms with Gasteiger partial charge in [-0.25, -0.2) is 5.01 Å². The molecule has 32 heavy (non-hydrogen) atoms. The number of carbonyl (C=O) groups is 4. The molecule has 3 atom stereocenters. The van der Waals surface area contributed by atoms with E-state index in [2.05, 4.69) is 0 Å². The minimum absolute atomic E-state index is 0.129. The standard InChI is InChI=1S/C25H23ClN2O4/c1-15-6-8-17(9-7-15)21(29)14-27(23(30)18-10-12-19(26)13-11-18)28-24(31)20-5-3-4-16(2)22(20)25(28)32/h3-4,6-13,16,20,22H,5,14H2,1-2H3/t16-,20-,22-/m1/s1. The number of allylic oxidation sites excluding steroid dienone is 2. The zero-order chi connectivity index (χ0) is 23.0. The van der Waals surface area contributed by atoms with Gasteiger partial charge in [-0.2, -0.15) is 5.01 Å². The third-order valence-corrected chi connectivity index (χ3v) is 6.34.